The van der Waals surface area contributed by atoms with Crippen LogP contribution in [0.2, 0.25) is 0 Å². The summed E-state index contributed by atoms with van der Waals surface area (Å²) < 4.78 is 1.77. The van der Waals surface area contributed by atoms with Crippen LogP contribution in [-0.4, -0.2) is 26.3 Å². The maximum absolute atomic E-state index is 12.5. The molecule has 2 aromatic heterocycles. The van der Waals surface area contributed by atoms with Crippen molar-refractivity contribution in [1.82, 2.24) is 14.5 Å². The summed E-state index contributed by atoms with van der Waals surface area (Å²) in [6.07, 6.45) is 3.23. The molecule has 0 fully saturated rings. The third kappa shape index (κ3) is 4.09. The molecule has 4 aromatic rings. The number of fused-ring (bicyclic) bond motifs is 1. The van der Waals surface area contributed by atoms with Crippen LogP contribution in [0.4, 0.5) is 11.5 Å². The molecule has 2 amide bonds. The summed E-state index contributed by atoms with van der Waals surface area (Å²) in [4.78, 5) is 32.8. The molecule has 2 heterocycles. The van der Waals surface area contributed by atoms with Crippen LogP contribution in [0.5, 0.6) is 0 Å². The smallest absolute Gasteiger partial charge is 0.272 e. The van der Waals surface area contributed by atoms with Crippen LogP contribution in [0.25, 0.3) is 10.9 Å². The number of para-hydroxylation sites is 1. The van der Waals surface area contributed by atoms with Crippen LogP contribution in [0.1, 0.15) is 39.4 Å². The summed E-state index contributed by atoms with van der Waals surface area (Å²) in [5, 5.41) is 7.00. The number of anilines is 2. The second kappa shape index (κ2) is 8.27. The van der Waals surface area contributed by atoms with Crippen molar-refractivity contribution in [3.8, 4) is 0 Å². The quantitative estimate of drug-likeness (QED) is 0.447. The number of hydrogen-bond donors (Lipinski definition) is 3. The van der Waals surface area contributed by atoms with Crippen LogP contribution < -0.4 is 16.4 Å². The average molecular weight is 414 g/mol. The van der Waals surface area contributed by atoms with E-state index in [1.54, 1.807) is 22.8 Å². The van der Waals surface area contributed by atoms with E-state index in [4.69, 9.17) is 5.73 Å². The molecule has 1 unspecified atom stereocenters. The number of amides is 2. The van der Waals surface area contributed by atoms with E-state index in [1.165, 1.54) is 6.33 Å². The maximum atomic E-state index is 12.5. The standard InChI is InChI=1S/C23H22N6O2/c1-14(27-22-18-9-4-8-17(21(24)30)20(18)25-13-26-22)15-6-3-7-16(12-15)28-23(31)19-10-5-11-29(19)2/h3-14H,1-2H3,(H2,24,30)(H,28,31)(H,25,26,27). The Kier molecular flexibility index (Phi) is 5.36. The summed E-state index contributed by atoms with van der Waals surface area (Å²) in [7, 11) is 1.83. The first-order valence-corrected chi connectivity index (χ1v) is 9.76. The lowest BCUT2D eigenvalue weighted by Gasteiger charge is -2.17. The molecule has 0 saturated carbocycles. The van der Waals surface area contributed by atoms with E-state index in [1.807, 2.05) is 56.6 Å². The molecule has 4 N–H and O–H groups in total. The second-order valence-corrected chi connectivity index (χ2v) is 7.24. The molecule has 0 spiro atoms. The third-order valence-corrected chi connectivity index (χ3v) is 5.10. The number of aromatic nitrogens is 3. The summed E-state index contributed by atoms with van der Waals surface area (Å²) in [5.41, 5.74) is 8.55. The number of carbonyl (C=O) groups is 2. The largest absolute Gasteiger partial charge is 0.366 e. The Morgan fingerprint density at radius 1 is 1.06 bits per heavy atom. The molecule has 0 aliphatic heterocycles. The zero-order valence-corrected chi connectivity index (χ0v) is 17.2. The molecule has 0 aliphatic carbocycles. The fourth-order valence-electron chi connectivity index (χ4n) is 3.47. The molecule has 8 nitrogen and oxygen atoms in total. The minimum Gasteiger partial charge on any atom is -0.366 e. The number of nitrogens with one attached hydrogen (secondary N) is 2. The number of nitrogens with two attached hydrogens (primary N) is 1. The van der Waals surface area contributed by atoms with Gasteiger partial charge in [-0.2, -0.15) is 0 Å². The summed E-state index contributed by atoms with van der Waals surface area (Å²) in [6.45, 7) is 1.99. The van der Waals surface area contributed by atoms with Gasteiger partial charge in [0.2, 0.25) is 0 Å². The van der Waals surface area contributed by atoms with Crippen molar-refractivity contribution in [2.75, 3.05) is 10.6 Å². The number of aryl methyl sites for hydroxylation is 1. The monoisotopic (exact) mass is 414 g/mol. The lowest BCUT2D eigenvalue weighted by molar-refractivity contribution is 0.0997. The fourth-order valence-corrected chi connectivity index (χ4v) is 3.47. The van der Waals surface area contributed by atoms with Crippen molar-refractivity contribution < 1.29 is 9.59 Å². The third-order valence-electron chi connectivity index (χ3n) is 5.10. The van der Waals surface area contributed by atoms with Crippen molar-refractivity contribution in [1.29, 1.82) is 0 Å². The van der Waals surface area contributed by atoms with Gasteiger partial charge in [-0.1, -0.05) is 18.2 Å². The Morgan fingerprint density at radius 2 is 1.87 bits per heavy atom. The van der Waals surface area contributed by atoms with E-state index < -0.39 is 5.91 Å². The molecule has 4 rings (SSSR count). The Balaban J connectivity index is 1.57. The molecule has 31 heavy (non-hydrogen) atoms. The lowest BCUT2D eigenvalue weighted by atomic mass is 10.1. The first kappa shape index (κ1) is 20.1. The molecule has 8 heteroatoms. The van der Waals surface area contributed by atoms with E-state index in [-0.39, 0.29) is 11.9 Å². The Bertz CT molecular complexity index is 1280. The van der Waals surface area contributed by atoms with Crippen LogP contribution >= 0.6 is 0 Å². The predicted molar refractivity (Wildman–Crippen MR) is 120 cm³/mol. The minimum atomic E-state index is -0.537. The van der Waals surface area contributed by atoms with Crippen LogP contribution in [-0.2, 0) is 7.05 Å². The van der Waals surface area contributed by atoms with Gasteiger partial charge in [0, 0.05) is 24.3 Å². The zero-order chi connectivity index (χ0) is 22.0. The maximum Gasteiger partial charge on any atom is 0.272 e. The molecular weight excluding hydrogens is 392 g/mol. The molecule has 0 radical (unpaired) electrons. The minimum absolute atomic E-state index is 0.123. The second-order valence-electron chi connectivity index (χ2n) is 7.24. The fraction of sp³-hybridized carbons (Fsp3) is 0.130. The highest BCUT2D eigenvalue weighted by molar-refractivity contribution is 6.07. The first-order chi connectivity index (χ1) is 14.9. The lowest BCUT2D eigenvalue weighted by Crippen LogP contribution is -2.16. The molecule has 0 aliphatic rings. The topological polar surface area (TPSA) is 115 Å². The SMILES string of the molecule is CC(Nc1ncnc2c(C(N)=O)cccc12)c1cccc(NC(=O)c2cccn2C)c1. The average Bonchev–Trinajstić information content (AvgIpc) is 3.19. The number of carbonyl (C=O) groups excluding carboxylic acids is 2. The highest BCUT2D eigenvalue weighted by atomic mass is 16.2. The van der Waals surface area contributed by atoms with Crippen molar-refractivity contribution in [3.63, 3.8) is 0 Å². The number of primary amides is 1. The van der Waals surface area contributed by atoms with Crippen molar-refractivity contribution in [3.05, 3.63) is 83.9 Å². The van der Waals surface area contributed by atoms with Crippen LogP contribution in [0, 0.1) is 0 Å². The van der Waals surface area contributed by atoms with E-state index in [0.29, 0.717) is 33.7 Å². The van der Waals surface area contributed by atoms with Gasteiger partial charge in [0.05, 0.1) is 17.1 Å². The van der Waals surface area contributed by atoms with Crippen LogP contribution in [0.15, 0.2) is 67.1 Å². The van der Waals surface area contributed by atoms with Gasteiger partial charge in [0.15, 0.2) is 0 Å². The van der Waals surface area contributed by atoms with Gasteiger partial charge in [-0.15, -0.1) is 0 Å². The van der Waals surface area contributed by atoms with Crippen molar-refractivity contribution in [2.45, 2.75) is 13.0 Å². The highest BCUT2D eigenvalue weighted by Crippen LogP contribution is 2.27. The van der Waals surface area contributed by atoms with Crippen LogP contribution in [0.3, 0.4) is 0 Å². The summed E-state index contributed by atoms with van der Waals surface area (Å²) in [6, 6.07) is 16.3. The number of hydrogen-bond acceptors (Lipinski definition) is 5. The first-order valence-electron chi connectivity index (χ1n) is 9.76. The van der Waals surface area contributed by atoms with E-state index >= 15 is 0 Å². The molecule has 0 bridgehead atoms. The summed E-state index contributed by atoms with van der Waals surface area (Å²) in [5.74, 6) is -0.116. The van der Waals surface area contributed by atoms with E-state index in [9.17, 15) is 9.59 Å². The molecule has 156 valence electrons. The Labute approximate surface area is 179 Å². The van der Waals surface area contributed by atoms with Gasteiger partial charge >= 0.3 is 0 Å². The van der Waals surface area contributed by atoms with Gasteiger partial charge in [-0.25, -0.2) is 9.97 Å². The predicted octanol–water partition coefficient (Wildman–Crippen LogP) is 3.49. The Hall–Kier alpha value is -4.20. The van der Waals surface area contributed by atoms with Crippen molar-refractivity contribution in [2.24, 2.45) is 12.8 Å². The zero-order valence-electron chi connectivity index (χ0n) is 17.2. The molecular formula is C23H22N6O2. The molecule has 1 atom stereocenters. The molecule has 0 saturated heterocycles. The number of benzene rings is 2. The van der Waals surface area contributed by atoms with E-state index in [2.05, 4.69) is 20.6 Å². The number of nitrogens with zero attached hydrogens (tertiary/aromatic N) is 3. The van der Waals surface area contributed by atoms with E-state index in [0.717, 1.165) is 5.56 Å². The highest BCUT2D eigenvalue weighted by Gasteiger charge is 2.14. The normalized spacial score (nSPS) is 11.8. The van der Waals surface area contributed by atoms with Gasteiger partial charge < -0.3 is 20.9 Å². The Morgan fingerprint density at radius 3 is 2.61 bits per heavy atom. The van der Waals surface area contributed by atoms with Gasteiger partial charge in [-0.3, -0.25) is 9.59 Å². The van der Waals surface area contributed by atoms with Gasteiger partial charge in [0.25, 0.3) is 11.8 Å². The van der Waals surface area contributed by atoms with Gasteiger partial charge in [-0.05, 0) is 48.9 Å². The summed E-state index contributed by atoms with van der Waals surface area (Å²) >= 11 is 0. The number of rotatable bonds is 6. The molecule has 2 aromatic carbocycles. The van der Waals surface area contributed by atoms with Gasteiger partial charge in [0.1, 0.15) is 17.8 Å². The van der Waals surface area contributed by atoms with Crippen molar-refractivity contribution >= 4 is 34.2 Å².